The van der Waals surface area contributed by atoms with E-state index in [0.717, 1.165) is 27.4 Å². The van der Waals surface area contributed by atoms with Gasteiger partial charge in [-0.2, -0.15) is 0 Å². The number of thioether (sulfide) groups is 1. The van der Waals surface area contributed by atoms with Crippen molar-refractivity contribution in [3.8, 4) is 0 Å². The first-order chi connectivity index (χ1) is 18.9. The van der Waals surface area contributed by atoms with Gasteiger partial charge in [-0.1, -0.05) is 43.2 Å². The number of morpholine rings is 1. The van der Waals surface area contributed by atoms with Crippen LogP contribution in [0.4, 0.5) is 5.69 Å². The molecule has 39 heavy (non-hydrogen) atoms. The van der Waals surface area contributed by atoms with E-state index in [1.165, 1.54) is 42.4 Å². The van der Waals surface area contributed by atoms with Gasteiger partial charge >= 0.3 is 0 Å². The number of benzene rings is 2. The summed E-state index contributed by atoms with van der Waals surface area (Å²) in [5, 5.41) is 6.09. The first kappa shape index (κ1) is 27.6. The summed E-state index contributed by atoms with van der Waals surface area (Å²) in [6.07, 6.45) is 5.64. The third-order valence-electron chi connectivity index (χ3n) is 7.03. The third kappa shape index (κ3) is 6.98. The van der Waals surface area contributed by atoms with Crippen LogP contribution in [-0.4, -0.2) is 64.7 Å². The molecule has 0 bridgehead atoms. The maximum absolute atomic E-state index is 13.3. The van der Waals surface area contributed by atoms with Crippen molar-refractivity contribution in [3.05, 3.63) is 53.6 Å². The van der Waals surface area contributed by atoms with Crippen molar-refractivity contribution in [2.24, 2.45) is 0 Å². The molecular weight excluding hydrogens is 532 g/mol. The van der Waals surface area contributed by atoms with Crippen molar-refractivity contribution < 1.29 is 19.1 Å². The molecule has 0 radical (unpaired) electrons. The molecule has 5 rings (SSSR count). The molecule has 1 aromatic heterocycles. The van der Waals surface area contributed by atoms with Gasteiger partial charge in [0.05, 0.1) is 39.3 Å². The van der Waals surface area contributed by atoms with E-state index >= 15 is 0 Å². The van der Waals surface area contributed by atoms with Crippen molar-refractivity contribution in [2.45, 2.75) is 68.5 Å². The van der Waals surface area contributed by atoms with Crippen LogP contribution in [0.25, 0.3) is 10.2 Å². The summed E-state index contributed by atoms with van der Waals surface area (Å²) in [7, 11) is 0. The van der Waals surface area contributed by atoms with Crippen molar-refractivity contribution in [2.75, 3.05) is 24.2 Å². The molecule has 0 unspecified atom stereocenters. The minimum atomic E-state index is -0.342. The second-order valence-corrected chi connectivity index (χ2v) is 12.6. The lowest BCUT2D eigenvalue weighted by Gasteiger charge is -2.35. The van der Waals surface area contributed by atoms with Gasteiger partial charge in [0.25, 0.3) is 11.8 Å². The lowest BCUT2D eigenvalue weighted by Crippen LogP contribution is -2.48. The Bertz CT molecular complexity index is 1340. The topological polar surface area (TPSA) is 101 Å². The Morgan fingerprint density at radius 3 is 2.49 bits per heavy atom. The van der Waals surface area contributed by atoms with Crippen LogP contribution in [0.1, 0.15) is 66.7 Å². The average Bonchev–Trinajstić information content (AvgIpc) is 3.34. The van der Waals surface area contributed by atoms with Gasteiger partial charge in [0, 0.05) is 24.8 Å². The molecule has 2 aromatic carbocycles. The number of carbonyl (C=O) groups is 3. The normalized spacial score (nSPS) is 20.1. The van der Waals surface area contributed by atoms with Gasteiger partial charge < -0.3 is 20.3 Å². The molecule has 1 saturated carbocycles. The number of hydrogen-bond donors (Lipinski definition) is 2. The maximum atomic E-state index is 13.3. The Balaban J connectivity index is 1.23. The number of thiazole rings is 1. The summed E-state index contributed by atoms with van der Waals surface area (Å²) in [5.74, 6) is -0.125. The molecule has 206 valence electrons. The maximum Gasteiger partial charge on any atom is 0.256 e. The first-order valence-electron chi connectivity index (χ1n) is 13.5. The summed E-state index contributed by atoms with van der Waals surface area (Å²) >= 11 is 2.93. The molecular formula is C29H34N4O4S2. The summed E-state index contributed by atoms with van der Waals surface area (Å²) in [4.78, 5) is 45.4. The van der Waals surface area contributed by atoms with Crippen LogP contribution in [0, 0.1) is 0 Å². The van der Waals surface area contributed by atoms with Crippen LogP contribution >= 0.6 is 23.1 Å². The molecule has 0 spiro atoms. The second kappa shape index (κ2) is 12.5. The summed E-state index contributed by atoms with van der Waals surface area (Å²) in [6, 6.07) is 12.8. The van der Waals surface area contributed by atoms with E-state index in [4.69, 9.17) is 4.74 Å². The number of ether oxygens (including phenoxy) is 1. The van der Waals surface area contributed by atoms with Gasteiger partial charge in [-0.05, 0) is 57.0 Å². The molecule has 2 aliphatic rings. The van der Waals surface area contributed by atoms with Crippen molar-refractivity contribution in [1.29, 1.82) is 0 Å². The van der Waals surface area contributed by atoms with Gasteiger partial charge in [0.2, 0.25) is 5.91 Å². The average molecular weight is 567 g/mol. The molecule has 2 fully saturated rings. The van der Waals surface area contributed by atoms with Crippen molar-refractivity contribution in [3.63, 3.8) is 0 Å². The van der Waals surface area contributed by atoms with Gasteiger partial charge in [-0.15, -0.1) is 11.3 Å². The van der Waals surface area contributed by atoms with E-state index < -0.39 is 0 Å². The first-order valence-corrected chi connectivity index (χ1v) is 15.3. The minimum Gasteiger partial charge on any atom is -0.372 e. The highest BCUT2D eigenvalue weighted by Gasteiger charge is 2.29. The van der Waals surface area contributed by atoms with E-state index in [0.29, 0.717) is 41.7 Å². The molecule has 2 heterocycles. The predicted octanol–water partition coefficient (Wildman–Crippen LogP) is 5.34. The number of hydrogen-bond acceptors (Lipinski definition) is 7. The highest BCUT2D eigenvalue weighted by molar-refractivity contribution is 8.01. The van der Waals surface area contributed by atoms with Gasteiger partial charge in [0.15, 0.2) is 4.34 Å². The quantitative estimate of drug-likeness (QED) is 0.375. The molecule has 3 amide bonds. The monoisotopic (exact) mass is 566 g/mol. The van der Waals surface area contributed by atoms with Crippen LogP contribution in [0.3, 0.4) is 0 Å². The third-order valence-corrected chi connectivity index (χ3v) is 9.19. The molecule has 2 N–H and O–H groups in total. The molecule has 8 nitrogen and oxygen atoms in total. The Hall–Kier alpha value is -2.95. The largest absolute Gasteiger partial charge is 0.372 e. The van der Waals surface area contributed by atoms with Crippen LogP contribution in [0.2, 0.25) is 0 Å². The highest BCUT2D eigenvalue weighted by Crippen LogP contribution is 2.31. The number of aromatic nitrogens is 1. The fourth-order valence-electron chi connectivity index (χ4n) is 5.27. The van der Waals surface area contributed by atoms with E-state index in [9.17, 15) is 14.4 Å². The number of anilines is 1. The Labute approximate surface area is 236 Å². The van der Waals surface area contributed by atoms with E-state index in [-0.39, 0.29) is 29.9 Å². The zero-order valence-corrected chi connectivity index (χ0v) is 23.9. The van der Waals surface area contributed by atoms with Gasteiger partial charge in [-0.3, -0.25) is 14.4 Å². The smallest absolute Gasteiger partial charge is 0.256 e. The molecule has 1 aliphatic heterocycles. The lowest BCUT2D eigenvalue weighted by molar-refractivity contribution is -0.119. The van der Waals surface area contributed by atoms with Crippen LogP contribution in [-0.2, 0) is 9.53 Å². The van der Waals surface area contributed by atoms with Crippen LogP contribution in [0.15, 0.2) is 46.8 Å². The number of fused-ring (bicyclic) bond motifs is 1. The van der Waals surface area contributed by atoms with E-state index in [1.54, 1.807) is 35.2 Å². The molecule has 10 heteroatoms. The Morgan fingerprint density at radius 1 is 1.03 bits per heavy atom. The van der Waals surface area contributed by atoms with E-state index in [2.05, 4.69) is 15.6 Å². The fraction of sp³-hybridized carbons (Fsp3) is 0.448. The fourth-order valence-corrected chi connectivity index (χ4v) is 7.19. The Morgan fingerprint density at radius 2 is 1.74 bits per heavy atom. The minimum absolute atomic E-state index is 0.0494. The van der Waals surface area contributed by atoms with Crippen LogP contribution < -0.4 is 10.6 Å². The Kier molecular flexibility index (Phi) is 8.84. The second-order valence-electron chi connectivity index (χ2n) is 10.3. The lowest BCUT2D eigenvalue weighted by atomic mass is 9.95. The van der Waals surface area contributed by atoms with Crippen molar-refractivity contribution in [1.82, 2.24) is 15.2 Å². The number of carbonyl (C=O) groups excluding carboxylic acids is 3. The van der Waals surface area contributed by atoms with Crippen molar-refractivity contribution >= 4 is 56.7 Å². The van der Waals surface area contributed by atoms with E-state index in [1.807, 2.05) is 26.0 Å². The van der Waals surface area contributed by atoms with Crippen LogP contribution in [0.5, 0.6) is 0 Å². The summed E-state index contributed by atoms with van der Waals surface area (Å²) < 4.78 is 7.49. The zero-order chi connectivity index (χ0) is 27.4. The molecule has 1 aliphatic carbocycles. The standard InChI is InChI=1S/C29H34N4O4S2/c1-18-15-33(16-19(2)37-18)28(36)23-11-7-6-10-22(23)27(35)31-21-12-13-24-25(14-21)39-29(32-24)38-17-26(34)30-20-8-4-3-5-9-20/h6-7,10-14,18-20H,3-5,8-9,15-17H2,1-2H3,(H,30,34)(H,31,35)/t18-,19-/m0/s1. The zero-order valence-electron chi connectivity index (χ0n) is 22.3. The van der Waals surface area contributed by atoms with Gasteiger partial charge in [0.1, 0.15) is 0 Å². The number of amides is 3. The molecule has 3 aromatic rings. The van der Waals surface area contributed by atoms with Gasteiger partial charge in [-0.25, -0.2) is 4.98 Å². The number of rotatable bonds is 7. The number of nitrogens with one attached hydrogen (secondary N) is 2. The molecule has 2 atom stereocenters. The SMILES string of the molecule is C[C@H]1CN(C(=O)c2ccccc2C(=O)Nc2ccc3nc(SCC(=O)NC4CCCCC4)sc3c2)C[C@H](C)O1. The molecule has 1 saturated heterocycles. The highest BCUT2D eigenvalue weighted by atomic mass is 32.2. The predicted molar refractivity (Wildman–Crippen MR) is 156 cm³/mol. The number of nitrogens with zero attached hydrogens (tertiary/aromatic N) is 2. The summed E-state index contributed by atoms with van der Waals surface area (Å²) in [6.45, 7) is 4.87. The summed E-state index contributed by atoms with van der Waals surface area (Å²) in [5.41, 5.74) is 2.15.